The van der Waals surface area contributed by atoms with Crippen LogP contribution in [0.25, 0.3) is 11.0 Å². The van der Waals surface area contributed by atoms with Gasteiger partial charge in [0.05, 0.1) is 17.1 Å². The molecule has 25 heavy (non-hydrogen) atoms. The van der Waals surface area contributed by atoms with Gasteiger partial charge in [0.25, 0.3) is 5.91 Å². The smallest absolute Gasteiger partial charge is 0.257 e. The van der Waals surface area contributed by atoms with Crippen LogP contribution in [0.1, 0.15) is 53.5 Å². The van der Waals surface area contributed by atoms with Gasteiger partial charge >= 0.3 is 0 Å². The van der Waals surface area contributed by atoms with Crippen molar-refractivity contribution in [3.8, 4) is 0 Å². The molecular weight excluding hydrogens is 314 g/mol. The number of carbonyl (C=O) groups excluding carboxylic acids is 1. The van der Waals surface area contributed by atoms with Crippen molar-refractivity contribution in [1.82, 2.24) is 19.7 Å². The zero-order valence-electron chi connectivity index (χ0n) is 14.7. The minimum atomic E-state index is -0.129. The van der Waals surface area contributed by atoms with Crippen LogP contribution < -0.4 is 5.32 Å². The first-order chi connectivity index (χ1) is 12.1. The molecule has 0 aromatic carbocycles. The van der Waals surface area contributed by atoms with Crippen molar-refractivity contribution in [3.63, 3.8) is 0 Å². The summed E-state index contributed by atoms with van der Waals surface area (Å²) in [5.74, 6) is 0.469. The molecule has 128 valence electrons. The second-order valence-electron chi connectivity index (χ2n) is 6.81. The highest BCUT2D eigenvalue weighted by molar-refractivity contribution is 6.13. The minimum Gasteiger partial charge on any atom is -0.306 e. The van der Waals surface area contributed by atoms with Gasteiger partial charge in [-0.25, -0.2) is 14.6 Å². The normalized spacial score (nSPS) is 13.4. The number of fused-ring (bicyclic) bond motifs is 2. The summed E-state index contributed by atoms with van der Waals surface area (Å²) in [4.78, 5) is 22.2. The quantitative estimate of drug-likeness (QED) is 0.795. The Labute approximate surface area is 146 Å². The standard InChI is InChI=1S/C19H21N5O/c1-11(2)24-18-14(10-21-24)16(13-7-4-8-15(13)22-18)19(25)23-17-12(3)6-5-9-20-17/h5-6,9-11H,4,7-8H2,1-3H3,(H,20,23,25). The van der Waals surface area contributed by atoms with Crippen LogP contribution in [-0.4, -0.2) is 25.7 Å². The lowest BCUT2D eigenvalue weighted by Gasteiger charge is -2.13. The number of pyridine rings is 2. The molecule has 1 N–H and O–H groups in total. The summed E-state index contributed by atoms with van der Waals surface area (Å²) in [5, 5.41) is 8.25. The number of aryl methyl sites for hydroxylation is 2. The molecule has 6 nitrogen and oxygen atoms in total. The van der Waals surface area contributed by atoms with E-state index in [0.717, 1.165) is 47.1 Å². The van der Waals surface area contributed by atoms with Crippen LogP contribution in [0.3, 0.4) is 0 Å². The van der Waals surface area contributed by atoms with E-state index < -0.39 is 0 Å². The van der Waals surface area contributed by atoms with Crippen molar-refractivity contribution < 1.29 is 4.79 Å². The Balaban J connectivity index is 1.86. The van der Waals surface area contributed by atoms with Crippen LogP contribution in [0.5, 0.6) is 0 Å². The van der Waals surface area contributed by atoms with Crippen molar-refractivity contribution in [3.05, 3.63) is 46.9 Å². The predicted molar refractivity (Wildman–Crippen MR) is 96.9 cm³/mol. The first kappa shape index (κ1) is 15.7. The second kappa shape index (κ2) is 5.95. The van der Waals surface area contributed by atoms with Crippen LogP contribution in [0.15, 0.2) is 24.5 Å². The zero-order chi connectivity index (χ0) is 17.6. The van der Waals surface area contributed by atoms with E-state index in [4.69, 9.17) is 4.98 Å². The molecule has 1 aliphatic carbocycles. The maximum absolute atomic E-state index is 13.1. The molecular formula is C19H21N5O. The first-order valence-corrected chi connectivity index (χ1v) is 8.68. The van der Waals surface area contributed by atoms with E-state index in [1.807, 2.05) is 23.7 Å². The van der Waals surface area contributed by atoms with Gasteiger partial charge in [0.2, 0.25) is 0 Å². The summed E-state index contributed by atoms with van der Waals surface area (Å²) in [6.07, 6.45) is 6.28. The van der Waals surface area contributed by atoms with Gasteiger partial charge < -0.3 is 5.32 Å². The lowest BCUT2D eigenvalue weighted by Crippen LogP contribution is -2.17. The molecule has 0 aliphatic heterocycles. The molecule has 0 spiro atoms. The summed E-state index contributed by atoms with van der Waals surface area (Å²) in [7, 11) is 0. The highest BCUT2D eigenvalue weighted by Gasteiger charge is 2.26. The molecule has 0 fully saturated rings. The Hall–Kier alpha value is -2.76. The maximum Gasteiger partial charge on any atom is 0.257 e. The lowest BCUT2D eigenvalue weighted by molar-refractivity contribution is 0.102. The molecule has 3 aromatic rings. The number of amides is 1. The molecule has 0 saturated carbocycles. The number of nitrogens with zero attached hydrogens (tertiary/aromatic N) is 4. The maximum atomic E-state index is 13.1. The van der Waals surface area contributed by atoms with Crippen LogP contribution in [0.4, 0.5) is 5.82 Å². The number of hydrogen-bond donors (Lipinski definition) is 1. The molecule has 0 atom stereocenters. The van der Waals surface area contributed by atoms with Crippen molar-refractivity contribution >= 4 is 22.8 Å². The Morgan fingerprint density at radius 3 is 2.92 bits per heavy atom. The molecule has 0 unspecified atom stereocenters. The summed E-state index contributed by atoms with van der Waals surface area (Å²) >= 11 is 0. The zero-order valence-corrected chi connectivity index (χ0v) is 14.7. The van der Waals surface area contributed by atoms with Gasteiger partial charge in [0, 0.05) is 17.9 Å². The van der Waals surface area contributed by atoms with Gasteiger partial charge in [-0.15, -0.1) is 0 Å². The molecule has 1 amide bonds. The average molecular weight is 335 g/mol. The van der Waals surface area contributed by atoms with E-state index in [2.05, 4.69) is 29.2 Å². The van der Waals surface area contributed by atoms with Crippen molar-refractivity contribution in [2.45, 2.75) is 46.1 Å². The molecule has 0 radical (unpaired) electrons. The number of rotatable bonds is 3. The molecule has 0 bridgehead atoms. The molecule has 3 heterocycles. The van der Waals surface area contributed by atoms with Gasteiger partial charge in [0.1, 0.15) is 5.82 Å². The number of aromatic nitrogens is 4. The Morgan fingerprint density at radius 2 is 2.16 bits per heavy atom. The van der Waals surface area contributed by atoms with Gasteiger partial charge in [-0.3, -0.25) is 4.79 Å². The Bertz CT molecular complexity index is 973. The average Bonchev–Trinajstić information content (AvgIpc) is 3.20. The second-order valence-corrected chi connectivity index (χ2v) is 6.81. The third kappa shape index (κ3) is 2.58. The Kier molecular flexibility index (Phi) is 3.75. The lowest BCUT2D eigenvalue weighted by atomic mass is 10.0. The minimum absolute atomic E-state index is 0.129. The highest BCUT2D eigenvalue weighted by atomic mass is 16.1. The Morgan fingerprint density at radius 1 is 1.32 bits per heavy atom. The molecule has 3 aromatic heterocycles. The van der Waals surface area contributed by atoms with E-state index in [-0.39, 0.29) is 11.9 Å². The summed E-state index contributed by atoms with van der Waals surface area (Å²) in [5.41, 5.74) is 4.52. The van der Waals surface area contributed by atoms with Crippen LogP contribution in [-0.2, 0) is 12.8 Å². The third-order valence-corrected chi connectivity index (χ3v) is 4.73. The summed E-state index contributed by atoms with van der Waals surface area (Å²) in [6, 6.07) is 3.99. The van der Waals surface area contributed by atoms with Crippen molar-refractivity contribution in [1.29, 1.82) is 0 Å². The molecule has 6 heteroatoms. The van der Waals surface area contributed by atoms with Crippen LogP contribution >= 0.6 is 0 Å². The van der Waals surface area contributed by atoms with E-state index in [0.29, 0.717) is 11.4 Å². The van der Waals surface area contributed by atoms with Gasteiger partial charge in [0.15, 0.2) is 5.65 Å². The van der Waals surface area contributed by atoms with Crippen molar-refractivity contribution in [2.75, 3.05) is 5.32 Å². The van der Waals surface area contributed by atoms with E-state index in [1.54, 1.807) is 12.4 Å². The predicted octanol–water partition coefficient (Wildman–Crippen LogP) is 3.46. The van der Waals surface area contributed by atoms with Gasteiger partial charge in [-0.1, -0.05) is 6.07 Å². The van der Waals surface area contributed by atoms with E-state index >= 15 is 0 Å². The van der Waals surface area contributed by atoms with Crippen LogP contribution in [0.2, 0.25) is 0 Å². The number of hydrogen-bond acceptors (Lipinski definition) is 4. The summed E-state index contributed by atoms with van der Waals surface area (Å²) in [6.45, 7) is 6.07. The fourth-order valence-electron chi connectivity index (χ4n) is 3.48. The van der Waals surface area contributed by atoms with Crippen molar-refractivity contribution in [2.24, 2.45) is 0 Å². The highest BCUT2D eigenvalue weighted by Crippen LogP contribution is 2.31. The van der Waals surface area contributed by atoms with Gasteiger partial charge in [-0.2, -0.15) is 5.10 Å². The fourth-order valence-corrected chi connectivity index (χ4v) is 3.48. The SMILES string of the molecule is Cc1cccnc1NC(=O)c1c2c(nc3c1cnn3C(C)C)CCC2. The number of nitrogens with one attached hydrogen (secondary N) is 1. The first-order valence-electron chi connectivity index (χ1n) is 8.68. The molecule has 0 saturated heterocycles. The number of carbonyl (C=O) groups is 1. The summed E-state index contributed by atoms with van der Waals surface area (Å²) < 4.78 is 1.89. The third-order valence-electron chi connectivity index (χ3n) is 4.73. The largest absolute Gasteiger partial charge is 0.306 e. The van der Waals surface area contributed by atoms with E-state index in [9.17, 15) is 4.79 Å². The monoisotopic (exact) mass is 335 g/mol. The van der Waals surface area contributed by atoms with Crippen LogP contribution in [0, 0.1) is 6.92 Å². The topological polar surface area (TPSA) is 72.7 Å². The number of anilines is 1. The molecule has 1 aliphatic rings. The van der Waals surface area contributed by atoms with Gasteiger partial charge in [-0.05, 0) is 57.2 Å². The molecule has 4 rings (SSSR count). The fraction of sp³-hybridized carbons (Fsp3) is 0.368. The van der Waals surface area contributed by atoms with E-state index in [1.165, 1.54) is 0 Å².